The summed E-state index contributed by atoms with van der Waals surface area (Å²) < 4.78 is 6.30. The Morgan fingerprint density at radius 3 is 3.05 bits per heavy atom. The van der Waals surface area contributed by atoms with Gasteiger partial charge in [-0.25, -0.2) is 14.9 Å². The second kappa shape index (κ2) is 6.18. The summed E-state index contributed by atoms with van der Waals surface area (Å²) in [7, 11) is 0. The van der Waals surface area contributed by atoms with Crippen molar-refractivity contribution in [2.24, 2.45) is 5.10 Å². The zero-order valence-electron chi connectivity index (χ0n) is 10.3. The summed E-state index contributed by atoms with van der Waals surface area (Å²) in [6.07, 6.45) is 2.79. The molecule has 0 amide bonds. The Bertz CT molecular complexity index is 624. The van der Waals surface area contributed by atoms with Gasteiger partial charge in [0.05, 0.1) is 6.21 Å². The number of ether oxygens (including phenoxy) is 1. The maximum absolute atomic E-state index is 10.5. The molecule has 4 N–H and O–H groups in total. The molecule has 0 spiro atoms. The lowest BCUT2D eigenvalue weighted by Crippen LogP contribution is -2.11. The van der Waals surface area contributed by atoms with E-state index in [1.54, 1.807) is 24.3 Å². The van der Waals surface area contributed by atoms with Gasteiger partial charge in [-0.3, -0.25) is 0 Å². The van der Waals surface area contributed by atoms with E-state index >= 15 is 0 Å². The Morgan fingerprint density at radius 2 is 2.35 bits per heavy atom. The van der Waals surface area contributed by atoms with Crippen LogP contribution < -0.4 is 16.0 Å². The van der Waals surface area contributed by atoms with Crippen molar-refractivity contribution in [3.05, 3.63) is 36.2 Å². The Balaban J connectivity index is 2.05. The molecule has 0 saturated carbocycles. The van der Waals surface area contributed by atoms with Crippen LogP contribution in [0.3, 0.4) is 0 Å². The van der Waals surface area contributed by atoms with Crippen LogP contribution in [0.5, 0.6) is 5.75 Å². The number of hydrogen-bond acceptors (Lipinski definition) is 7. The fourth-order valence-electron chi connectivity index (χ4n) is 1.34. The molecular formula is C11H12N6O3. The molecule has 0 radical (unpaired) electrons. The summed E-state index contributed by atoms with van der Waals surface area (Å²) in [5.41, 5.74) is 3.21. The van der Waals surface area contributed by atoms with Gasteiger partial charge in [-0.05, 0) is 12.1 Å². The van der Waals surface area contributed by atoms with Gasteiger partial charge in [0.25, 0.3) is 5.95 Å². The molecule has 0 aliphatic heterocycles. The Labute approximate surface area is 113 Å². The fraction of sp³-hybridized carbons (Fsp3) is 0.0909. The number of hydrazone groups is 1. The molecule has 0 saturated heterocycles. The maximum atomic E-state index is 10.5. The standard InChI is InChI=1S/C11H12N6O3/c12-17-7-14-16-11(17)15-13-5-8-3-1-2-4-9(8)20-6-10(18)19/h1-5,7H,6,12H2,(H,15,16)(H,18,19). The van der Waals surface area contributed by atoms with Crippen LogP contribution in [-0.4, -0.2) is 38.8 Å². The first-order chi connectivity index (χ1) is 9.66. The molecule has 0 atom stereocenters. The molecular weight excluding hydrogens is 264 g/mol. The number of carbonyl (C=O) groups is 1. The molecule has 9 heteroatoms. The van der Waals surface area contributed by atoms with Crippen LogP contribution in [0.25, 0.3) is 0 Å². The van der Waals surface area contributed by atoms with E-state index in [2.05, 4.69) is 20.7 Å². The lowest BCUT2D eigenvalue weighted by molar-refractivity contribution is -0.139. The van der Waals surface area contributed by atoms with E-state index in [-0.39, 0.29) is 5.95 Å². The third kappa shape index (κ3) is 3.45. The van der Waals surface area contributed by atoms with Gasteiger partial charge < -0.3 is 15.7 Å². The van der Waals surface area contributed by atoms with Crippen LogP contribution in [-0.2, 0) is 4.79 Å². The number of nitrogens with two attached hydrogens (primary N) is 1. The monoisotopic (exact) mass is 276 g/mol. The van der Waals surface area contributed by atoms with Crippen molar-refractivity contribution in [3.63, 3.8) is 0 Å². The SMILES string of the molecule is Nn1cnnc1NN=Cc1ccccc1OCC(=O)O. The van der Waals surface area contributed by atoms with Crippen LogP contribution in [0.4, 0.5) is 5.95 Å². The van der Waals surface area contributed by atoms with Gasteiger partial charge in [0, 0.05) is 5.56 Å². The fourth-order valence-corrected chi connectivity index (χ4v) is 1.34. The van der Waals surface area contributed by atoms with Crippen molar-refractivity contribution < 1.29 is 14.6 Å². The summed E-state index contributed by atoms with van der Waals surface area (Å²) in [6.45, 7) is -0.421. The highest BCUT2D eigenvalue weighted by molar-refractivity contribution is 5.84. The van der Waals surface area contributed by atoms with Crippen molar-refractivity contribution in [2.45, 2.75) is 0 Å². The molecule has 2 aromatic rings. The number of nitrogens with one attached hydrogen (secondary N) is 1. The molecule has 104 valence electrons. The number of aromatic nitrogens is 3. The second-order valence-corrected chi connectivity index (χ2v) is 3.65. The average molecular weight is 276 g/mol. The zero-order valence-corrected chi connectivity index (χ0v) is 10.3. The van der Waals surface area contributed by atoms with Gasteiger partial charge in [-0.15, -0.1) is 10.2 Å². The van der Waals surface area contributed by atoms with E-state index in [1.807, 2.05) is 0 Å². The lowest BCUT2D eigenvalue weighted by atomic mass is 10.2. The molecule has 1 aromatic heterocycles. The van der Waals surface area contributed by atoms with Crippen molar-refractivity contribution in [3.8, 4) is 5.75 Å². The van der Waals surface area contributed by atoms with Gasteiger partial charge in [0.15, 0.2) is 6.61 Å². The van der Waals surface area contributed by atoms with E-state index in [4.69, 9.17) is 15.7 Å². The van der Waals surface area contributed by atoms with E-state index in [1.165, 1.54) is 17.2 Å². The van der Waals surface area contributed by atoms with Crippen LogP contribution in [0.15, 0.2) is 35.7 Å². The number of nitrogens with zero attached hydrogens (tertiary/aromatic N) is 4. The third-order valence-corrected chi connectivity index (χ3v) is 2.21. The first-order valence-corrected chi connectivity index (χ1v) is 5.54. The highest BCUT2D eigenvalue weighted by Gasteiger charge is 2.03. The summed E-state index contributed by atoms with van der Waals surface area (Å²) in [5, 5.41) is 19.8. The minimum atomic E-state index is -1.05. The third-order valence-electron chi connectivity index (χ3n) is 2.21. The van der Waals surface area contributed by atoms with E-state index in [0.717, 1.165) is 0 Å². The van der Waals surface area contributed by atoms with Crippen molar-refractivity contribution in [1.82, 2.24) is 14.9 Å². The number of para-hydroxylation sites is 1. The van der Waals surface area contributed by atoms with Gasteiger partial charge in [0.2, 0.25) is 0 Å². The quantitative estimate of drug-likeness (QED) is 0.382. The van der Waals surface area contributed by atoms with Gasteiger partial charge in [-0.2, -0.15) is 5.10 Å². The minimum absolute atomic E-state index is 0.269. The summed E-state index contributed by atoms with van der Waals surface area (Å²) in [4.78, 5) is 10.5. The molecule has 0 fully saturated rings. The number of carboxylic acid groups (broad SMARTS) is 1. The molecule has 0 aliphatic rings. The number of aliphatic carboxylic acids is 1. The number of carboxylic acids is 1. The average Bonchev–Trinajstić information content (AvgIpc) is 2.83. The largest absolute Gasteiger partial charge is 0.481 e. The van der Waals surface area contributed by atoms with Crippen molar-refractivity contribution in [2.75, 3.05) is 17.9 Å². The zero-order chi connectivity index (χ0) is 14.4. The van der Waals surface area contributed by atoms with Crippen LogP contribution in [0.2, 0.25) is 0 Å². The molecule has 0 aliphatic carbocycles. The number of nitrogen functional groups attached to an aromatic ring is 1. The summed E-state index contributed by atoms with van der Waals surface area (Å²) >= 11 is 0. The van der Waals surface area contributed by atoms with E-state index < -0.39 is 12.6 Å². The first kappa shape index (κ1) is 13.3. The van der Waals surface area contributed by atoms with Gasteiger partial charge in [-0.1, -0.05) is 12.1 Å². The van der Waals surface area contributed by atoms with E-state index in [9.17, 15) is 4.79 Å². The van der Waals surface area contributed by atoms with Crippen LogP contribution in [0, 0.1) is 0 Å². The lowest BCUT2D eigenvalue weighted by Gasteiger charge is -2.06. The first-order valence-electron chi connectivity index (χ1n) is 5.54. The highest BCUT2D eigenvalue weighted by Crippen LogP contribution is 2.15. The molecule has 1 aromatic carbocycles. The normalized spacial score (nSPS) is 10.6. The number of anilines is 1. The molecule has 0 unspecified atom stereocenters. The highest BCUT2D eigenvalue weighted by atomic mass is 16.5. The molecule has 2 rings (SSSR count). The summed E-state index contributed by atoms with van der Waals surface area (Å²) in [6, 6.07) is 6.89. The Morgan fingerprint density at radius 1 is 1.55 bits per heavy atom. The number of benzene rings is 1. The van der Waals surface area contributed by atoms with Crippen LogP contribution >= 0.6 is 0 Å². The Kier molecular flexibility index (Phi) is 4.12. The molecule has 1 heterocycles. The molecule has 0 bridgehead atoms. The van der Waals surface area contributed by atoms with Gasteiger partial charge >= 0.3 is 5.97 Å². The maximum Gasteiger partial charge on any atom is 0.341 e. The predicted octanol–water partition coefficient (Wildman–Crippen LogP) is -0.0987. The van der Waals surface area contributed by atoms with Crippen molar-refractivity contribution in [1.29, 1.82) is 0 Å². The minimum Gasteiger partial charge on any atom is -0.481 e. The second-order valence-electron chi connectivity index (χ2n) is 3.65. The molecule has 9 nitrogen and oxygen atoms in total. The van der Waals surface area contributed by atoms with Crippen molar-refractivity contribution >= 4 is 18.1 Å². The predicted molar refractivity (Wildman–Crippen MR) is 71.0 cm³/mol. The van der Waals surface area contributed by atoms with E-state index in [0.29, 0.717) is 11.3 Å². The van der Waals surface area contributed by atoms with Gasteiger partial charge in [0.1, 0.15) is 12.1 Å². The number of rotatable bonds is 6. The molecule has 20 heavy (non-hydrogen) atoms. The number of hydrogen-bond donors (Lipinski definition) is 3. The Hall–Kier alpha value is -3.10. The summed E-state index contributed by atoms with van der Waals surface area (Å²) in [5.74, 6) is 5.13. The van der Waals surface area contributed by atoms with Crippen LogP contribution in [0.1, 0.15) is 5.56 Å². The topological polar surface area (TPSA) is 128 Å². The smallest absolute Gasteiger partial charge is 0.341 e.